The van der Waals surface area contributed by atoms with Crippen LogP contribution in [0.2, 0.25) is 0 Å². The molecule has 0 atom stereocenters. The first-order chi connectivity index (χ1) is 9.79. The van der Waals surface area contributed by atoms with Crippen molar-refractivity contribution in [2.24, 2.45) is 5.41 Å². The quantitative estimate of drug-likeness (QED) is 0.365. The van der Waals surface area contributed by atoms with E-state index in [1.807, 2.05) is 24.3 Å². The van der Waals surface area contributed by atoms with Gasteiger partial charge in [0.15, 0.2) is 0 Å². The minimum absolute atomic E-state index is 0.112. The van der Waals surface area contributed by atoms with E-state index in [0.717, 1.165) is 18.4 Å². The van der Waals surface area contributed by atoms with Gasteiger partial charge in [-0.3, -0.25) is 4.79 Å². The zero-order valence-electron chi connectivity index (χ0n) is 14.2. The van der Waals surface area contributed by atoms with Gasteiger partial charge in [-0.25, -0.2) is 0 Å². The number of ether oxygens (including phenoxy) is 1. The van der Waals surface area contributed by atoms with Gasteiger partial charge in [0.2, 0.25) is 0 Å². The summed E-state index contributed by atoms with van der Waals surface area (Å²) in [5.41, 5.74) is 1.48. The first-order valence-electron chi connectivity index (χ1n) is 8.09. The molecule has 0 heterocycles. The zero-order valence-corrected chi connectivity index (χ0v) is 14.2. The lowest BCUT2D eigenvalue weighted by Gasteiger charge is -2.17. The fraction of sp³-hybridized carbons (Fsp3) is 0.632. The highest BCUT2D eigenvalue weighted by molar-refractivity contribution is 5.72. The van der Waals surface area contributed by atoms with Crippen LogP contribution in [0.5, 0.6) is 5.75 Å². The van der Waals surface area contributed by atoms with Crippen molar-refractivity contribution < 1.29 is 9.53 Å². The number of para-hydroxylation sites is 1. The standard InChI is InChI=1S/C19H30O2/c1-15(2)16-11-8-9-12-17(16)21-18(20)13-7-6-10-14-19(3,4)5/h8-9,11-12,15H,6-7,10,13-14H2,1-5H3. The van der Waals surface area contributed by atoms with Gasteiger partial charge < -0.3 is 4.74 Å². The Hall–Kier alpha value is -1.31. The molecule has 0 saturated heterocycles. The molecule has 1 aromatic rings. The summed E-state index contributed by atoms with van der Waals surface area (Å²) in [6, 6.07) is 7.81. The van der Waals surface area contributed by atoms with E-state index < -0.39 is 0 Å². The van der Waals surface area contributed by atoms with E-state index in [0.29, 0.717) is 23.5 Å². The highest BCUT2D eigenvalue weighted by atomic mass is 16.5. The Labute approximate surface area is 129 Å². The maximum Gasteiger partial charge on any atom is 0.311 e. The predicted octanol–water partition coefficient (Wildman–Crippen LogP) is 5.71. The maximum atomic E-state index is 11.9. The second-order valence-corrected chi connectivity index (χ2v) is 7.29. The third kappa shape index (κ3) is 7.31. The Kier molecular flexibility index (Phi) is 6.94. The lowest BCUT2D eigenvalue weighted by atomic mass is 9.89. The fourth-order valence-corrected chi connectivity index (χ4v) is 2.33. The van der Waals surface area contributed by atoms with Crippen LogP contribution < -0.4 is 4.74 Å². The number of carbonyl (C=O) groups is 1. The Bertz CT molecular complexity index is 441. The number of carbonyl (C=O) groups excluding carboxylic acids is 1. The van der Waals surface area contributed by atoms with Gasteiger partial charge in [0.25, 0.3) is 0 Å². The van der Waals surface area contributed by atoms with Crippen LogP contribution in [0, 0.1) is 5.41 Å². The molecular weight excluding hydrogens is 260 g/mol. The van der Waals surface area contributed by atoms with E-state index >= 15 is 0 Å². The number of rotatable bonds is 7. The lowest BCUT2D eigenvalue weighted by molar-refractivity contribution is -0.134. The molecule has 0 unspecified atom stereocenters. The molecule has 0 aliphatic heterocycles. The van der Waals surface area contributed by atoms with E-state index in [4.69, 9.17) is 4.74 Å². The van der Waals surface area contributed by atoms with Crippen molar-refractivity contribution in [2.45, 2.75) is 72.6 Å². The molecule has 2 nitrogen and oxygen atoms in total. The number of benzene rings is 1. The molecule has 0 saturated carbocycles. The summed E-state index contributed by atoms with van der Waals surface area (Å²) >= 11 is 0. The Morgan fingerprint density at radius 1 is 1.10 bits per heavy atom. The largest absolute Gasteiger partial charge is 0.426 e. The number of unbranched alkanes of at least 4 members (excludes halogenated alkanes) is 2. The van der Waals surface area contributed by atoms with Crippen molar-refractivity contribution in [3.05, 3.63) is 29.8 Å². The zero-order chi connectivity index (χ0) is 15.9. The van der Waals surface area contributed by atoms with Crippen molar-refractivity contribution in [2.75, 3.05) is 0 Å². The smallest absolute Gasteiger partial charge is 0.311 e. The minimum atomic E-state index is -0.112. The molecule has 0 fully saturated rings. The number of hydrogen-bond acceptors (Lipinski definition) is 2. The summed E-state index contributed by atoms with van der Waals surface area (Å²) in [5, 5.41) is 0. The average molecular weight is 290 g/mol. The highest BCUT2D eigenvalue weighted by Crippen LogP contribution is 2.26. The van der Waals surface area contributed by atoms with Gasteiger partial charge in [-0.1, -0.05) is 65.7 Å². The van der Waals surface area contributed by atoms with Crippen molar-refractivity contribution in [3.8, 4) is 5.75 Å². The van der Waals surface area contributed by atoms with Gasteiger partial charge in [0, 0.05) is 6.42 Å². The fourth-order valence-electron chi connectivity index (χ4n) is 2.33. The molecule has 0 radical (unpaired) electrons. The Morgan fingerprint density at radius 3 is 2.38 bits per heavy atom. The van der Waals surface area contributed by atoms with Gasteiger partial charge in [-0.15, -0.1) is 0 Å². The van der Waals surface area contributed by atoms with Gasteiger partial charge in [0.1, 0.15) is 5.75 Å². The van der Waals surface area contributed by atoms with E-state index in [-0.39, 0.29) is 5.97 Å². The summed E-state index contributed by atoms with van der Waals surface area (Å²) in [4.78, 5) is 11.9. The van der Waals surface area contributed by atoms with E-state index in [1.54, 1.807) is 0 Å². The molecule has 0 aliphatic carbocycles. The molecule has 118 valence electrons. The van der Waals surface area contributed by atoms with Crippen molar-refractivity contribution in [3.63, 3.8) is 0 Å². The third-order valence-electron chi connectivity index (χ3n) is 3.57. The molecule has 0 spiro atoms. The molecule has 0 amide bonds. The summed E-state index contributed by atoms with van der Waals surface area (Å²) in [7, 11) is 0. The van der Waals surface area contributed by atoms with Gasteiger partial charge in [-0.2, -0.15) is 0 Å². The summed E-state index contributed by atoms with van der Waals surface area (Å²) < 4.78 is 5.52. The van der Waals surface area contributed by atoms with Crippen LogP contribution in [0.1, 0.15) is 78.2 Å². The second-order valence-electron chi connectivity index (χ2n) is 7.29. The number of hydrogen-bond donors (Lipinski definition) is 0. The molecule has 0 aromatic heterocycles. The van der Waals surface area contributed by atoms with E-state index in [2.05, 4.69) is 34.6 Å². The van der Waals surface area contributed by atoms with Crippen LogP contribution in [0.15, 0.2) is 24.3 Å². The monoisotopic (exact) mass is 290 g/mol. The molecule has 1 rings (SSSR count). The van der Waals surface area contributed by atoms with E-state index in [1.165, 1.54) is 12.8 Å². The summed E-state index contributed by atoms with van der Waals surface area (Å²) in [6.45, 7) is 11.0. The van der Waals surface area contributed by atoms with Crippen molar-refractivity contribution in [1.82, 2.24) is 0 Å². The molecule has 2 heteroatoms. The van der Waals surface area contributed by atoms with E-state index in [9.17, 15) is 4.79 Å². The van der Waals surface area contributed by atoms with Crippen LogP contribution in [-0.4, -0.2) is 5.97 Å². The predicted molar refractivity (Wildman–Crippen MR) is 88.7 cm³/mol. The highest BCUT2D eigenvalue weighted by Gasteiger charge is 2.12. The minimum Gasteiger partial charge on any atom is -0.426 e. The van der Waals surface area contributed by atoms with Gasteiger partial charge >= 0.3 is 5.97 Å². The van der Waals surface area contributed by atoms with Crippen molar-refractivity contribution in [1.29, 1.82) is 0 Å². The molecule has 0 aliphatic rings. The van der Waals surface area contributed by atoms with Crippen LogP contribution in [-0.2, 0) is 4.79 Å². The lowest BCUT2D eigenvalue weighted by Crippen LogP contribution is -2.10. The normalized spacial score (nSPS) is 11.7. The van der Waals surface area contributed by atoms with Crippen LogP contribution >= 0.6 is 0 Å². The molecule has 0 bridgehead atoms. The summed E-state index contributed by atoms with van der Waals surface area (Å²) in [6.07, 6.45) is 4.91. The first kappa shape index (κ1) is 17.7. The topological polar surface area (TPSA) is 26.3 Å². The van der Waals surface area contributed by atoms with Gasteiger partial charge in [0.05, 0.1) is 0 Å². The second kappa shape index (κ2) is 8.21. The van der Waals surface area contributed by atoms with Crippen LogP contribution in [0.4, 0.5) is 0 Å². The maximum absolute atomic E-state index is 11.9. The van der Waals surface area contributed by atoms with Crippen molar-refractivity contribution >= 4 is 5.97 Å². The SMILES string of the molecule is CC(C)c1ccccc1OC(=O)CCCCCC(C)(C)C. The van der Waals surface area contributed by atoms with Gasteiger partial charge in [-0.05, 0) is 35.8 Å². The summed E-state index contributed by atoms with van der Waals surface area (Å²) in [5.74, 6) is 0.965. The third-order valence-corrected chi connectivity index (χ3v) is 3.57. The molecule has 1 aromatic carbocycles. The average Bonchev–Trinajstić information content (AvgIpc) is 2.37. The Balaban J connectivity index is 2.35. The van der Waals surface area contributed by atoms with Crippen LogP contribution in [0.25, 0.3) is 0 Å². The molecular formula is C19H30O2. The molecule has 21 heavy (non-hydrogen) atoms. The Morgan fingerprint density at radius 2 is 1.76 bits per heavy atom. The molecule has 0 N–H and O–H groups in total. The number of esters is 1. The van der Waals surface area contributed by atoms with Crippen LogP contribution in [0.3, 0.4) is 0 Å². The first-order valence-corrected chi connectivity index (χ1v) is 8.09.